The molecule has 2 rings (SSSR count). The Morgan fingerprint density at radius 2 is 1.75 bits per heavy atom. The van der Waals surface area contributed by atoms with Gasteiger partial charge in [-0.05, 0) is 41.7 Å². The van der Waals surface area contributed by atoms with Crippen molar-refractivity contribution in [2.75, 3.05) is 0 Å². The normalized spacial score (nSPS) is 10.8. The molecule has 0 heterocycles. The van der Waals surface area contributed by atoms with Crippen LogP contribution < -0.4 is 0 Å². The van der Waals surface area contributed by atoms with Gasteiger partial charge in [-0.25, -0.2) is 0 Å². The van der Waals surface area contributed by atoms with Gasteiger partial charge in [0.1, 0.15) is 0 Å². The smallest absolute Gasteiger partial charge is 0.167 e. The molecule has 0 fully saturated rings. The molecule has 20 heavy (non-hydrogen) atoms. The van der Waals surface area contributed by atoms with Gasteiger partial charge in [0.15, 0.2) is 5.78 Å². The number of halogens is 1. The van der Waals surface area contributed by atoms with Crippen molar-refractivity contribution >= 4 is 21.7 Å². The van der Waals surface area contributed by atoms with Crippen molar-refractivity contribution < 1.29 is 4.79 Å². The second-order valence-electron chi connectivity index (χ2n) is 5.46. The second kappa shape index (κ2) is 6.36. The topological polar surface area (TPSA) is 17.1 Å². The van der Waals surface area contributed by atoms with Crippen LogP contribution in [-0.4, -0.2) is 5.78 Å². The Bertz CT molecular complexity index is 612. The van der Waals surface area contributed by atoms with E-state index in [0.29, 0.717) is 12.3 Å². The molecule has 0 N–H and O–H groups in total. The Morgan fingerprint density at radius 1 is 1.10 bits per heavy atom. The van der Waals surface area contributed by atoms with E-state index in [1.807, 2.05) is 25.1 Å². The van der Waals surface area contributed by atoms with E-state index in [9.17, 15) is 4.79 Å². The lowest BCUT2D eigenvalue weighted by Gasteiger charge is -2.07. The molecule has 0 aliphatic rings. The lowest BCUT2D eigenvalue weighted by Crippen LogP contribution is -2.04. The predicted molar refractivity (Wildman–Crippen MR) is 87.4 cm³/mol. The van der Waals surface area contributed by atoms with Crippen LogP contribution in [0.15, 0.2) is 46.9 Å². The van der Waals surface area contributed by atoms with E-state index >= 15 is 0 Å². The molecule has 0 saturated carbocycles. The van der Waals surface area contributed by atoms with Crippen molar-refractivity contribution in [3.63, 3.8) is 0 Å². The number of carbonyl (C=O) groups excluding carboxylic acids is 1. The Balaban J connectivity index is 2.12. The first-order valence-corrected chi connectivity index (χ1v) is 7.65. The summed E-state index contributed by atoms with van der Waals surface area (Å²) < 4.78 is 1.04. The highest BCUT2D eigenvalue weighted by Gasteiger charge is 2.09. The Hall–Kier alpha value is -1.41. The third-order valence-corrected chi connectivity index (χ3v) is 4.38. The molecule has 0 unspecified atom stereocenters. The molecule has 0 aliphatic carbocycles. The summed E-state index contributed by atoms with van der Waals surface area (Å²) in [5, 5.41) is 0. The Kier molecular flexibility index (Phi) is 4.77. The fourth-order valence-electron chi connectivity index (χ4n) is 2.13. The van der Waals surface area contributed by atoms with Gasteiger partial charge >= 0.3 is 0 Å². The number of ketones is 1. The van der Waals surface area contributed by atoms with Gasteiger partial charge in [-0.1, -0.05) is 60.1 Å². The fourth-order valence-corrected chi connectivity index (χ4v) is 2.37. The maximum absolute atomic E-state index is 12.3. The summed E-state index contributed by atoms with van der Waals surface area (Å²) in [6.45, 7) is 6.34. The van der Waals surface area contributed by atoms with Crippen molar-refractivity contribution in [2.45, 2.75) is 33.1 Å². The molecule has 2 aromatic rings. The highest BCUT2D eigenvalue weighted by atomic mass is 79.9. The van der Waals surface area contributed by atoms with Crippen LogP contribution in [0.2, 0.25) is 0 Å². The molecule has 1 nitrogen and oxygen atoms in total. The highest BCUT2D eigenvalue weighted by Crippen LogP contribution is 2.19. The first kappa shape index (κ1) is 15.0. The van der Waals surface area contributed by atoms with Crippen molar-refractivity contribution in [2.24, 2.45) is 0 Å². The van der Waals surface area contributed by atoms with Gasteiger partial charge < -0.3 is 0 Å². The molecule has 0 bridgehead atoms. The van der Waals surface area contributed by atoms with Crippen molar-refractivity contribution in [1.82, 2.24) is 0 Å². The van der Waals surface area contributed by atoms with Crippen molar-refractivity contribution in [1.29, 1.82) is 0 Å². The maximum atomic E-state index is 12.3. The summed E-state index contributed by atoms with van der Waals surface area (Å²) in [5.41, 5.74) is 4.24. The average molecular weight is 331 g/mol. The van der Waals surface area contributed by atoms with Gasteiger partial charge in [0.2, 0.25) is 0 Å². The van der Waals surface area contributed by atoms with E-state index in [1.54, 1.807) is 0 Å². The SMILES string of the molecule is Cc1cc(C(=O)Cc2ccc(C(C)C)cc2)ccc1Br. The zero-order chi connectivity index (χ0) is 14.7. The summed E-state index contributed by atoms with van der Waals surface area (Å²) in [6, 6.07) is 14.1. The lowest BCUT2D eigenvalue weighted by molar-refractivity contribution is 0.0993. The zero-order valence-corrected chi connectivity index (χ0v) is 13.7. The van der Waals surface area contributed by atoms with Crippen LogP contribution in [-0.2, 0) is 6.42 Å². The van der Waals surface area contributed by atoms with E-state index in [1.165, 1.54) is 5.56 Å². The van der Waals surface area contributed by atoms with E-state index in [4.69, 9.17) is 0 Å². The van der Waals surface area contributed by atoms with Crippen molar-refractivity contribution in [3.05, 3.63) is 69.2 Å². The third-order valence-electron chi connectivity index (χ3n) is 3.49. The van der Waals surface area contributed by atoms with Crippen LogP contribution in [0, 0.1) is 6.92 Å². The minimum Gasteiger partial charge on any atom is -0.294 e. The van der Waals surface area contributed by atoms with Gasteiger partial charge in [0, 0.05) is 16.5 Å². The molecule has 2 aromatic carbocycles. The molecule has 0 saturated heterocycles. The summed E-state index contributed by atoms with van der Waals surface area (Å²) >= 11 is 3.46. The molecule has 0 atom stereocenters. The predicted octanol–water partition coefficient (Wildman–Crippen LogP) is 5.31. The highest BCUT2D eigenvalue weighted by molar-refractivity contribution is 9.10. The van der Waals surface area contributed by atoms with Crippen molar-refractivity contribution in [3.8, 4) is 0 Å². The van der Waals surface area contributed by atoms with E-state index in [-0.39, 0.29) is 5.78 Å². The minimum absolute atomic E-state index is 0.165. The standard InChI is InChI=1S/C18H19BrO/c1-12(2)15-6-4-14(5-7-15)11-18(20)16-8-9-17(19)13(3)10-16/h4-10,12H,11H2,1-3H3. The van der Waals surface area contributed by atoms with Crippen LogP contribution in [0.3, 0.4) is 0 Å². The molecule has 0 aromatic heterocycles. The lowest BCUT2D eigenvalue weighted by atomic mass is 9.98. The molecular weight excluding hydrogens is 312 g/mol. The van der Waals surface area contributed by atoms with Gasteiger partial charge in [0.05, 0.1) is 0 Å². The van der Waals surface area contributed by atoms with E-state index in [0.717, 1.165) is 21.2 Å². The molecule has 0 radical (unpaired) electrons. The molecule has 0 amide bonds. The first-order chi connectivity index (χ1) is 9.47. The molecular formula is C18H19BrO. The van der Waals surface area contributed by atoms with Gasteiger partial charge in [0.25, 0.3) is 0 Å². The Morgan fingerprint density at radius 3 is 2.30 bits per heavy atom. The summed E-state index contributed by atoms with van der Waals surface area (Å²) in [6.07, 6.45) is 0.458. The second-order valence-corrected chi connectivity index (χ2v) is 6.31. The van der Waals surface area contributed by atoms with Crippen LogP contribution in [0.1, 0.15) is 46.8 Å². The first-order valence-electron chi connectivity index (χ1n) is 6.85. The number of Topliss-reactive ketones (excluding diaryl/α,β-unsaturated/α-hetero) is 1. The molecule has 104 valence electrons. The van der Waals surface area contributed by atoms with Gasteiger partial charge in [-0.3, -0.25) is 4.79 Å². The number of rotatable bonds is 4. The third kappa shape index (κ3) is 3.57. The fraction of sp³-hybridized carbons (Fsp3) is 0.278. The largest absolute Gasteiger partial charge is 0.294 e. The zero-order valence-electron chi connectivity index (χ0n) is 12.1. The number of aryl methyl sites for hydroxylation is 1. The summed E-state index contributed by atoms with van der Waals surface area (Å²) in [4.78, 5) is 12.3. The van der Waals surface area contributed by atoms with Gasteiger partial charge in [-0.15, -0.1) is 0 Å². The number of carbonyl (C=O) groups is 1. The summed E-state index contributed by atoms with van der Waals surface area (Å²) in [7, 11) is 0. The molecule has 0 aliphatic heterocycles. The van der Waals surface area contributed by atoms with E-state index < -0.39 is 0 Å². The minimum atomic E-state index is 0.165. The van der Waals surface area contributed by atoms with Crippen LogP contribution >= 0.6 is 15.9 Å². The monoisotopic (exact) mass is 330 g/mol. The number of hydrogen-bond acceptors (Lipinski definition) is 1. The molecule has 0 spiro atoms. The molecule has 2 heteroatoms. The Labute approximate surface area is 129 Å². The maximum Gasteiger partial charge on any atom is 0.167 e. The van der Waals surface area contributed by atoms with Gasteiger partial charge in [-0.2, -0.15) is 0 Å². The number of benzene rings is 2. The van der Waals surface area contributed by atoms with Crippen LogP contribution in [0.5, 0.6) is 0 Å². The quantitative estimate of drug-likeness (QED) is 0.694. The van der Waals surface area contributed by atoms with E-state index in [2.05, 4.69) is 54.0 Å². The van der Waals surface area contributed by atoms with Crippen LogP contribution in [0.25, 0.3) is 0 Å². The van der Waals surface area contributed by atoms with Crippen LogP contribution in [0.4, 0.5) is 0 Å². The average Bonchev–Trinajstić information content (AvgIpc) is 2.42. The number of hydrogen-bond donors (Lipinski definition) is 0. The summed E-state index contributed by atoms with van der Waals surface area (Å²) in [5.74, 6) is 0.687.